The van der Waals surface area contributed by atoms with Crippen LogP contribution < -0.4 is 26.6 Å². The van der Waals surface area contributed by atoms with Crippen molar-refractivity contribution in [3.63, 3.8) is 0 Å². The molecule has 3 aromatic carbocycles. The summed E-state index contributed by atoms with van der Waals surface area (Å²) in [7, 11) is -3.76. The first kappa shape index (κ1) is 34.9. The van der Waals surface area contributed by atoms with Crippen LogP contribution in [0.3, 0.4) is 0 Å². The minimum Gasteiger partial charge on any atom is -0.365 e. The van der Waals surface area contributed by atoms with E-state index in [1.165, 1.54) is 33.6 Å². The molecule has 2 aliphatic rings. The van der Waals surface area contributed by atoms with E-state index >= 15 is 0 Å². The molecule has 50 heavy (non-hydrogen) atoms. The van der Waals surface area contributed by atoms with Crippen LogP contribution in [0.15, 0.2) is 76.2 Å². The molecular weight excluding hydrogens is 733 g/mol. The van der Waals surface area contributed by atoms with E-state index in [0.717, 1.165) is 11.6 Å². The number of nitrogens with two attached hydrogens (primary N) is 1. The van der Waals surface area contributed by atoms with Crippen LogP contribution in [0.4, 0.5) is 38.0 Å². The van der Waals surface area contributed by atoms with Gasteiger partial charge < -0.3 is 16.4 Å². The molecule has 14 nitrogen and oxygen atoms in total. The Morgan fingerprint density at radius 3 is 2.42 bits per heavy atom. The lowest BCUT2D eigenvalue weighted by Gasteiger charge is -2.34. The molecule has 2 aliphatic heterocycles. The fraction of sp³-hybridized carbons (Fsp3) is 0.242. The highest BCUT2D eigenvalue weighted by atomic mass is 79.9. The molecule has 0 unspecified atom stereocenters. The van der Waals surface area contributed by atoms with Gasteiger partial charge in [-0.3, -0.25) is 24.7 Å². The number of hydrogen-bond acceptors (Lipinski definition) is 10. The van der Waals surface area contributed by atoms with E-state index < -0.39 is 27.8 Å². The third-order valence-corrected chi connectivity index (χ3v) is 10.9. The highest BCUT2D eigenvalue weighted by Crippen LogP contribution is 2.30. The van der Waals surface area contributed by atoms with Crippen LogP contribution >= 0.6 is 15.9 Å². The van der Waals surface area contributed by atoms with Gasteiger partial charge in [-0.25, -0.2) is 22.6 Å². The van der Waals surface area contributed by atoms with E-state index in [4.69, 9.17) is 5.73 Å². The average molecular weight is 767 g/mol. The molecule has 1 aromatic heterocycles. The van der Waals surface area contributed by atoms with Crippen molar-refractivity contribution >= 4 is 72.6 Å². The van der Waals surface area contributed by atoms with Crippen LogP contribution in [0.2, 0.25) is 0 Å². The zero-order valence-corrected chi connectivity index (χ0v) is 29.2. The Hall–Kier alpha value is -4.97. The van der Waals surface area contributed by atoms with Crippen molar-refractivity contribution in [2.75, 3.05) is 48.3 Å². The molecule has 260 valence electrons. The summed E-state index contributed by atoms with van der Waals surface area (Å²) in [5.74, 6) is -1.57. The van der Waals surface area contributed by atoms with Gasteiger partial charge in [-0.05, 0) is 76.4 Å². The lowest BCUT2D eigenvalue weighted by molar-refractivity contribution is -0.120. The van der Waals surface area contributed by atoms with Crippen LogP contribution in [0.1, 0.15) is 27.9 Å². The number of aromatic nitrogens is 2. The molecule has 2 fully saturated rings. The Labute approximate surface area is 296 Å². The van der Waals surface area contributed by atoms with Gasteiger partial charge in [0.25, 0.3) is 5.91 Å². The minimum absolute atomic E-state index is 0.133. The maximum Gasteiger partial charge on any atom is 0.328 e. The van der Waals surface area contributed by atoms with E-state index in [2.05, 4.69) is 46.7 Å². The number of benzene rings is 3. The minimum atomic E-state index is -3.76. The summed E-state index contributed by atoms with van der Waals surface area (Å²) in [6.07, 6.45) is 1.73. The molecule has 3 heterocycles. The maximum atomic E-state index is 14.3. The fourth-order valence-corrected chi connectivity index (χ4v) is 7.50. The van der Waals surface area contributed by atoms with Crippen LogP contribution in [0.5, 0.6) is 0 Å². The van der Waals surface area contributed by atoms with Crippen molar-refractivity contribution in [2.45, 2.75) is 24.8 Å². The van der Waals surface area contributed by atoms with Gasteiger partial charge >= 0.3 is 6.03 Å². The van der Waals surface area contributed by atoms with Crippen LogP contribution in [0, 0.1) is 12.7 Å². The summed E-state index contributed by atoms with van der Waals surface area (Å²) < 4.78 is 43.4. The van der Waals surface area contributed by atoms with Crippen LogP contribution in [-0.4, -0.2) is 78.2 Å². The lowest BCUT2D eigenvalue weighted by Crippen LogP contribution is -2.49. The van der Waals surface area contributed by atoms with Crippen molar-refractivity contribution in [1.29, 1.82) is 0 Å². The Morgan fingerprint density at radius 2 is 1.74 bits per heavy atom. The van der Waals surface area contributed by atoms with Gasteiger partial charge in [-0.2, -0.15) is 9.29 Å². The number of nitrogens with zero attached hydrogens (tertiary/aromatic N) is 5. The summed E-state index contributed by atoms with van der Waals surface area (Å²) in [6.45, 7) is 4.47. The smallest absolute Gasteiger partial charge is 0.328 e. The fourth-order valence-electron chi connectivity index (χ4n) is 5.71. The molecule has 0 radical (unpaired) electrons. The second-order valence-electron chi connectivity index (χ2n) is 11.7. The number of nitrogens with one attached hydrogen (secondary N) is 3. The summed E-state index contributed by atoms with van der Waals surface area (Å²) in [5.41, 5.74) is 8.15. The standard InChI is InChI=1S/C33H33BrFN9O5S/c1-20-17-23(9-10-26(20)39-32-37-18-24(34)31(41-32)38-27-4-2-3-25(35)29(27)30(36)46)50(48,49)43-15-13-42(14-16-43)19-21-5-7-22(8-6-21)44-12-11-28(45)40-33(44)47/h2-10,17-18H,11-16,19H2,1H3,(H2,36,46)(H,40,45,47)(H2,37,38,39,41). The summed E-state index contributed by atoms with van der Waals surface area (Å²) >= 11 is 3.35. The van der Waals surface area contributed by atoms with Gasteiger partial charge in [0, 0.05) is 63.3 Å². The molecule has 2 saturated heterocycles. The molecule has 5 N–H and O–H groups in total. The van der Waals surface area contributed by atoms with Crippen molar-refractivity contribution in [2.24, 2.45) is 5.73 Å². The first-order chi connectivity index (χ1) is 23.9. The number of amides is 4. The maximum absolute atomic E-state index is 14.3. The molecule has 6 rings (SSSR count). The van der Waals surface area contributed by atoms with Gasteiger partial charge in [-0.15, -0.1) is 0 Å². The lowest BCUT2D eigenvalue weighted by atomic mass is 10.1. The number of sulfonamides is 1. The largest absolute Gasteiger partial charge is 0.365 e. The number of halogens is 2. The number of carbonyl (C=O) groups excluding carboxylic acids is 3. The molecule has 17 heteroatoms. The molecule has 4 amide bonds. The number of anilines is 5. The number of primary amides is 1. The van der Waals surface area contributed by atoms with Gasteiger partial charge in [0.2, 0.25) is 21.9 Å². The van der Waals surface area contributed by atoms with E-state index in [9.17, 15) is 27.2 Å². The molecule has 0 saturated carbocycles. The quantitative estimate of drug-likeness (QED) is 0.182. The Balaban J connectivity index is 1.07. The first-order valence-electron chi connectivity index (χ1n) is 15.6. The number of carbonyl (C=O) groups is 3. The van der Waals surface area contributed by atoms with E-state index in [-0.39, 0.29) is 40.2 Å². The van der Waals surface area contributed by atoms with Gasteiger partial charge in [-0.1, -0.05) is 18.2 Å². The number of imide groups is 1. The number of aryl methyl sites for hydroxylation is 1. The monoisotopic (exact) mass is 765 g/mol. The van der Waals surface area contributed by atoms with E-state index in [0.29, 0.717) is 60.7 Å². The highest BCUT2D eigenvalue weighted by Gasteiger charge is 2.29. The Morgan fingerprint density at radius 1 is 1.00 bits per heavy atom. The topological polar surface area (TPSA) is 183 Å². The summed E-state index contributed by atoms with van der Waals surface area (Å²) in [5, 5.41) is 8.32. The van der Waals surface area contributed by atoms with Crippen molar-refractivity contribution in [1.82, 2.24) is 24.5 Å². The molecule has 0 aliphatic carbocycles. The number of piperazine rings is 1. The number of hydrogen-bond donors (Lipinski definition) is 4. The predicted octanol–water partition coefficient (Wildman–Crippen LogP) is 4.23. The van der Waals surface area contributed by atoms with Gasteiger partial charge in [0.05, 0.1) is 20.6 Å². The third-order valence-electron chi connectivity index (χ3n) is 8.38. The highest BCUT2D eigenvalue weighted by molar-refractivity contribution is 9.10. The van der Waals surface area contributed by atoms with Crippen LogP contribution in [0.25, 0.3) is 0 Å². The van der Waals surface area contributed by atoms with E-state index in [1.807, 2.05) is 24.3 Å². The number of rotatable bonds is 10. The van der Waals surface area contributed by atoms with Crippen molar-refractivity contribution in [3.05, 3.63) is 93.8 Å². The SMILES string of the molecule is Cc1cc(S(=O)(=O)N2CCN(Cc3ccc(N4CCC(=O)NC4=O)cc3)CC2)ccc1Nc1ncc(Br)c(Nc2cccc(F)c2C(N)=O)n1. The first-order valence-corrected chi connectivity index (χ1v) is 17.8. The molecule has 0 bridgehead atoms. The molecular formula is C33H33BrFN9O5S. The molecule has 4 aromatic rings. The Kier molecular flexibility index (Phi) is 10.1. The van der Waals surface area contributed by atoms with Crippen molar-refractivity contribution in [3.8, 4) is 0 Å². The second-order valence-corrected chi connectivity index (χ2v) is 14.5. The Bertz CT molecular complexity index is 2080. The van der Waals surface area contributed by atoms with Gasteiger partial charge in [0.1, 0.15) is 11.6 Å². The third kappa shape index (κ3) is 7.60. The molecule has 0 atom stereocenters. The summed E-state index contributed by atoms with van der Waals surface area (Å²) in [6, 6.07) is 16.0. The van der Waals surface area contributed by atoms with Gasteiger partial charge in [0.15, 0.2) is 0 Å². The zero-order chi connectivity index (χ0) is 35.6. The van der Waals surface area contributed by atoms with Crippen molar-refractivity contribution < 1.29 is 27.2 Å². The second kappa shape index (κ2) is 14.5. The average Bonchev–Trinajstić information content (AvgIpc) is 3.08. The zero-order valence-electron chi connectivity index (χ0n) is 26.8. The van der Waals surface area contributed by atoms with E-state index in [1.54, 1.807) is 19.1 Å². The normalized spacial score (nSPS) is 15.9. The predicted molar refractivity (Wildman–Crippen MR) is 188 cm³/mol. The molecule has 0 spiro atoms. The van der Waals surface area contributed by atoms with Crippen LogP contribution in [-0.2, 0) is 21.4 Å². The summed E-state index contributed by atoms with van der Waals surface area (Å²) in [4.78, 5) is 48.0. The number of urea groups is 1.